The first kappa shape index (κ1) is 46.3. The van der Waals surface area contributed by atoms with Crippen LogP contribution in [0.4, 0.5) is 39.3 Å². The number of carbonyl (C=O) groups excluding carboxylic acids is 2. The van der Waals surface area contributed by atoms with Crippen LogP contribution >= 0.6 is 11.6 Å². The van der Waals surface area contributed by atoms with Crippen LogP contribution in [0.5, 0.6) is 5.75 Å². The minimum Gasteiger partial charge on any atom is -0.494 e. The molecule has 0 radical (unpaired) electrons. The largest absolute Gasteiger partial charge is 0.494 e. The highest BCUT2D eigenvalue weighted by molar-refractivity contribution is 7.92. The summed E-state index contributed by atoms with van der Waals surface area (Å²) in [5.41, 5.74) is 3.87. The van der Waals surface area contributed by atoms with Crippen molar-refractivity contribution < 1.29 is 32.2 Å². The number of benzene rings is 2. The molecular weight excluding hydrogens is 838 g/mol. The van der Waals surface area contributed by atoms with Crippen molar-refractivity contribution in [1.82, 2.24) is 35.1 Å². The Morgan fingerprint density at radius 1 is 0.952 bits per heavy atom. The number of nitrogens with one attached hydrogen (secondary N) is 4. The van der Waals surface area contributed by atoms with Gasteiger partial charge in [-0.2, -0.15) is 4.98 Å². The number of anilines is 6. The molecule has 2 aliphatic heterocycles. The molecule has 20 heteroatoms. The van der Waals surface area contributed by atoms with E-state index >= 15 is 0 Å². The van der Waals surface area contributed by atoms with E-state index in [9.17, 15) is 18.0 Å². The third kappa shape index (κ3) is 12.7. The Hall–Kier alpha value is -5.24. The summed E-state index contributed by atoms with van der Waals surface area (Å²) in [5, 5.41) is 9.34. The molecule has 4 heterocycles. The van der Waals surface area contributed by atoms with Crippen molar-refractivity contribution in [3.63, 3.8) is 0 Å². The van der Waals surface area contributed by atoms with Crippen LogP contribution in [0.3, 0.4) is 0 Å². The summed E-state index contributed by atoms with van der Waals surface area (Å²) in [4.78, 5) is 49.3. The maximum Gasteiger partial charge on any atom is 0.407 e. The average Bonchev–Trinajstić information content (AvgIpc) is 3.24. The first-order valence-corrected chi connectivity index (χ1v) is 23.2. The maximum absolute atomic E-state index is 12.9. The number of alkyl carbamates (subject to hydrolysis) is 1. The van der Waals surface area contributed by atoms with Gasteiger partial charge in [0.25, 0.3) is 0 Å². The van der Waals surface area contributed by atoms with Gasteiger partial charge < -0.3 is 40.0 Å². The summed E-state index contributed by atoms with van der Waals surface area (Å²) in [6, 6.07) is 7.97. The van der Waals surface area contributed by atoms with Crippen LogP contribution in [0, 0.1) is 0 Å². The quantitative estimate of drug-likeness (QED) is 0.0906. The van der Waals surface area contributed by atoms with E-state index in [0.717, 1.165) is 76.0 Å². The predicted molar refractivity (Wildman–Crippen MR) is 242 cm³/mol. The van der Waals surface area contributed by atoms with Gasteiger partial charge in [0.15, 0.2) is 5.82 Å². The lowest BCUT2D eigenvalue weighted by Crippen LogP contribution is -2.54. The molecule has 6 rings (SSSR count). The van der Waals surface area contributed by atoms with Crippen molar-refractivity contribution in [2.75, 3.05) is 92.6 Å². The van der Waals surface area contributed by atoms with E-state index in [2.05, 4.69) is 69.5 Å². The molecule has 0 saturated carbocycles. The molecule has 336 valence electrons. The number of rotatable bonds is 17. The highest BCUT2D eigenvalue weighted by atomic mass is 35.5. The van der Waals surface area contributed by atoms with Crippen molar-refractivity contribution in [2.24, 2.45) is 0 Å². The number of hydrogen-bond acceptors (Lipinski definition) is 15. The summed E-state index contributed by atoms with van der Waals surface area (Å²) in [5.74, 6) is 1.28. The number of sulfonamides is 1. The van der Waals surface area contributed by atoms with Crippen LogP contribution in [0.1, 0.15) is 58.9 Å². The fraction of sp³-hybridized carbons (Fsp3) is 0.524. The number of fused-ring (bicyclic) bond motifs is 1. The molecule has 2 aliphatic rings. The number of aromatic nitrogens is 4. The number of piperazine rings is 1. The number of aryl methyl sites for hydroxylation is 1. The number of methoxy groups -OCH3 is 1. The summed E-state index contributed by atoms with van der Waals surface area (Å²) < 4.78 is 43.9. The molecule has 0 unspecified atom stereocenters. The molecule has 0 atom stereocenters. The Morgan fingerprint density at radius 2 is 1.69 bits per heavy atom. The van der Waals surface area contributed by atoms with Crippen LogP contribution in [0.15, 0.2) is 42.9 Å². The third-order valence-electron chi connectivity index (χ3n) is 10.5. The van der Waals surface area contributed by atoms with Gasteiger partial charge in [-0.1, -0.05) is 18.5 Å². The SMILES string of the molecule is CCc1cc(Nc2ncc(Cl)c(Nc3ccc4nccnc4c3NS(C)(=O)=O)n2)c(OC)cc1N1CCC(N2CCN(C(=O)CCCOCCNC(=O)OC(C)(C)C)CC2)CC1. The number of carbonyl (C=O) groups is 2. The molecule has 18 nitrogen and oxygen atoms in total. The van der Waals surface area contributed by atoms with E-state index in [4.69, 9.17) is 25.8 Å². The smallest absolute Gasteiger partial charge is 0.407 e. The van der Waals surface area contributed by atoms with Crippen LogP contribution in [-0.2, 0) is 30.7 Å². The third-order valence-corrected chi connectivity index (χ3v) is 11.4. The molecule has 2 aromatic heterocycles. The minimum absolute atomic E-state index is 0.156. The summed E-state index contributed by atoms with van der Waals surface area (Å²) in [6.45, 7) is 13.7. The van der Waals surface area contributed by atoms with E-state index in [0.29, 0.717) is 66.8 Å². The number of piperidine rings is 1. The Labute approximate surface area is 368 Å². The lowest BCUT2D eigenvalue weighted by atomic mass is 9.99. The van der Waals surface area contributed by atoms with E-state index in [1.807, 2.05) is 25.7 Å². The number of halogens is 1. The first-order valence-electron chi connectivity index (χ1n) is 20.9. The van der Waals surface area contributed by atoms with E-state index < -0.39 is 21.7 Å². The summed E-state index contributed by atoms with van der Waals surface area (Å²) in [7, 11) is -2.04. The van der Waals surface area contributed by atoms with Gasteiger partial charge in [0.05, 0.1) is 48.7 Å². The number of amides is 2. The number of hydrogen-bond donors (Lipinski definition) is 4. The normalized spacial score (nSPS) is 15.3. The lowest BCUT2D eigenvalue weighted by molar-refractivity contribution is -0.133. The second kappa shape index (κ2) is 20.8. The highest BCUT2D eigenvalue weighted by Crippen LogP contribution is 2.38. The molecule has 4 aromatic rings. The van der Waals surface area contributed by atoms with Gasteiger partial charge in [-0.15, -0.1) is 0 Å². The summed E-state index contributed by atoms with van der Waals surface area (Å²) in [6.07, 6.45) is 8.97. The van der Waals surface area contributed by atoms with Crippen molar-refractivity contribution in [2.45, 2.75) is 71.4 Å². The Bertz CT molecular complexity index is 2300. The summed E-state index contributed by atoms with van der Waals surface area (Å²) >= 11 is 6.55. The Kier molecular flexibility index (Phi) is 15.5. The number of ether oxygens (including phenoxy) is 3. The second-order valence-corrected chi connectivity index (χ2v) is 18.4. The number of nitrogens with zero attached hydrogens (tertiary/aromatic N) is 7. The molecule has 2 amide bonds. The first-order chi connectivity index (χ1) is 29.6. The molecule has 0 bridgehead atoms. The second-order valence-electron chi connectivity index (χ2n) is 16.2. The fourth-order valence-electron chi connectivity index (χ4n) is 7.58. The zero-order valence-electron chi connectivity index (χ0n) is 36.3. The molecule has 62 heavy (non-hydrogen) atoms. The van der Waals surface area contributed by atoms with Crippen molar-refractivity contribution in [3.05, 3.63) is 53.4 Å². The standard InChI is InChI=1S/C42H58ClN11O7S/c1-7-28-25-33(49-40-47-27-30(43)39(50-40)48-32-11-10-31-37(45-15-14-44-31)38(32)51-62(6,57)58)35(59-5)26-34(28)53-17-12-29(13-18-53)52-19-21-54(22-20-52)36(55)9-8-23-60-24-16-46-41(56)61-42(2,3)4/h10-11,14-15,25-27,29,51H,7-9,12-13,16-24H2,1-6H3,(H,46,56)(H2,47,48,49,50). The van der Waals surface area contributed by atoms with Gasteiger partial charge in [0.2, 0.25) is 21.9 Å². The van der Waals surface area contributed by atoms with Crippen LogP contribution in [0.25, 0.3) is 11.0 Å². The molecule has 2 aromatic carbocycles. The molecule has 2 fully saturated rings. The maximum atomic E-state index is 12.9. The van der Waals surface area contributed by atoms with Gasteiger partial charge in [0.1, 0.15) is 21.9 Å². The van der Waals surface area contributed by atoms with Crippen LogP contribution in [-0.4, -0.2) is 134 Å². The van der Waals surface area contributed by atoms with Gasteiger partial charge in [-0.25, -0.2) is 18.2 Å². The van der Waals surface area contributed by atoms with E-state index in [-0.39, 0.29) is 28.4 Å². The monoisotopic (exact) mass is 895 g/mol. The Morgan fingerprint density at radius 3 is 2.39 bits per heavy atom. The molecule has 0 aliphatic carbocycles. The van der Waals surface area contributed by atoms with E-state index in [1.165, 1.54) is 18.6 Å². The molecule has 4 N–H and O–H groups in total. The average molecular weight is 897 g/mol. The van der Waals surface area contributed by atoms with Crippen molar-refractivity contribution in [3.8, 4) is 5.75 Å². The zero-order chi connectivity index (χ0) is 44.4. The topological polar surface area (TPSA) is 205 Å². The minimum atomic E-state index is -3.67. The molecular formula is C42H58ClN11O7S. The van der Waals surface area contributed by atoms with Gasteiger partial charge in [0, 0.05) is 89.0 Å². The molecule has 0 spiro atoms. The Balaban J connectivity index is 1.00. The van der Waals surface area contributed by atoms with Gasteiger partial charge in [-0.05, 0) is 70.2 Å². The lowest BCUT2D eigenvalue weighted by Gasteiger charge is -2.43. The fourth-order valence-corrected chi connectivity index (χ4v) is 8.30. The molecule has 2 saturated heterocycles. The van der Waals surface area contributed by atoms with E-state index in [1.54, 1.807) is 19.2 Å². The van der Waals surface area contributed by atoms with Crippen molar-refractivity contribution in [1.29, 1.82) is 0 Å². The van der Waals surface area contributed by atoms with Crippen molar-refractivity contribution >= 4 is 79.2 Å². The zero-order valence-corrected chi connectivity index (χ0v) is 37.9. The van der Waals surface area contributed by atoms with Crippen LogP contribution < -0.4 is 30.3 Å². The van der Waals surface area contributed by atoms with Gasteiger partial charge in [-0.3, -0.25) is 24.4 Å². The highest BCUT2D eigenvalue weighted by Gasteiger charge is 2.30. The van der Waals surface area contributed by atoms with Crippen LogP contribution in [0.2, 0.25) is 5.02 Å². The predicted octanol–water partition coefficient (Wildman–Crippen LogP) is 5.94. The van der Waals surface area contributed by atoms with Gasteiger partial charge >= 0.3 is 6.09 Å².